The number of aliphatic hydroxyl groups is 3. The average Bonchev–Trinajstić information content (AvgIpc) is 2.77. The SMILES string of the molecule is CC1NC2C(=O)NC(=O)NC2N(C2O[C@H](CO)[C@@H](O)[C@H]2O)C1C. The summed E-state index contributed by atoms with van der Waals surface area (Å²) in [7, 11) is 0. The highest BCUT2D eigenvalue weighted by Gasteiger charge is 2.54. The van der Waals surface area contributed by atoms with Crippen LogP contribution in [0.15, 0.2) is 0 Å². The third-order valence-electron chi connectivity index (χ3n) is 4.88. The Morgan fingerprint density at radius 3 is 2.52 bits per heavy atom. The Bertz CT molecular complexity index is 505. The minimum Gasteiger partial charge on any atom is -0.394 e. The molecule has 3 saturated heterocycles. The Balaban J connectivity index is 1.91. The molecule has 3 aliphatic heterocycles. The molecule has 130 valence electrons. The Labute approximate surface area is 132 Å². The minimum absolute atomic E-state index is 0.127. The van der Waals surface area contributed by atoms with Crippen molar-refractivity contribution in [3.63, 3.8) is 0 Å². The van der Waals surface area contributed by atoms with Crippen LogP contribution < -0.4 is 16.0 Å². The summed E-state index contributed by atoms with van der Waals surface area (Å²) in [5.74, 6) is -0.464. The number of ether oxygens (including phenoxy) is 1. The van der Waals surface area contributed by atoms with Crippen LogP contribution in [0, 0.1) is 0 Å². The third-order valence-corrected chi connectivity index (χ3v) is 4.88. The Morgan fingerprint density at radius 1 is 1.22 bits per heavy atom. The maximum absolute atomic E-state index is 12.1. The first kappa shape index (κ1) is 16.6. The van der Waals surface area contributed by atoms with E-state index in [4.69, 9.17) is 4.74 Å². The van der Waals surface area contributed by atoms with Gasteiger partial charge in [0.15, 0.2) is 0 Å². The molecular weight excluding hydrogens is 308 g/mol. The number of nitrogens with one attached hydrogen (secondary N) is 3. The maximum Gasteiger partial charge on any atom is 0.322 e. The molecule has 3 fully saturated rings. The summed E-state index contributed by atoms with van der Waals surface area (Å²) >= 11 is 0. The van der Waals surface area contributed by atoms with E-state index >= 15 is 0 Å². The van der Waals surface area contributed by atoms with Gasteiger partial charge in [0, 0.05) is 12.1 Å². The lowest BCUT2D eigenvalue weighted by molar-refractivity contribution is -0.160. The zero-order valence-corrected chi connectivity index (χ0v) is 12.8. The van der Waals surface area contributed by atoms with Gasteiger partial charge >= 0.3 is 6.03 Å². The van der Waals surface area contributed by atoms with Gasteiger partial charge in [-0.15, -0.1) is 0 Å². The highest BCUT2D eigenvalue weighted by molar-refractivity contribution is 6.00. The van der Waals surface area contributed by atoms with Gasteiger partial charge in [-0.25, -0.2) is 9.69 Å². The molecule has 0 aromatic carbocycles. The number of hydrogen-bond acceptors (Lipinski definition) is 8. The molecule has 5 unspecified atom stereocenters. The second-order valence-electron chi connectivity index (χ2n) is 6.26. The van der Waals surface area contributed by atoms with Gasteiger partial charge in [-0.3, -0.25) is 15.4 Å². The zero-order chi connectivity index (χ0) is 16.9. The number of rotatable bonds is 2. The van der Waals surface area contributed by atoms with Crippen LogP contribution in [0.2, 0.25) is 0 Å². The number of aliphatic hydroxyl groups excluding tert-OH is 3. The van der Waals surface area contributed by atoms with E-state index in [1.54, 1.807) is 4.90 Å². The van der Waals surface area contributed by atoms with Crippen molar-refractivity contribution in [1.82, 2.24) is 20.9 Å². The number of hydrogen-bond donors (Lipinski definition) is 6. The van der Waals surface area contributed by atoms with E-state index in [9.17, 15) is 24.9 Å². The highest BCUT2D eigenvalue weighted by atomic mass is 16.6. The summed E-state index contributed by atoms with van der Waals surface area (Å²) in [5.41, 5.74) is 0. The molecule has 3 amide bonds. The van der Waals surface area contributed by atoms with E-state index in [0.29, 0.717) is 0 Å². The van der Waals surface area contributed by atoms with Crippen LogP contribution >= 0.6 is 0 Å². The number of imide groups is 1. The maximum atomic E-state index is 12.1. The van der Waals surface area contributed by atoms with Crippen LogP contribution in [0.25, 0.3) is 0 Å². The number of amides is 3. The number of carbonyl (C=O) groups is 2. The normalized spacial score (nSPS) is 47.9. The molecule has 10 heteroatoms. The van der Waals surface area contributed by atoms with Gasteiger partial charge < -0.3 is 25.4 Å². The number of nitrogens with zero attached hydrogens (tertiary/aromatic N) is 1. The molecule has 8 atom stereocenters. The summed E-state index contributed by atoms with van der Waals surface area (Å²) in [6.45, 7) is 3.30. The van der Waals surface area contributed by atoms with Crippen LogP contribution in [0.3, 0.4) is 0 Å². The second kappa shape index (κ2) is 5.96. The lowest BCUT2D eigenvalue weighted by Gasteiger charge is -2.52. The third kappa shape index (κ3) is 2.61. The Kier molecular flexibility index (Phi) is 4.29. The van der Waals surface area contributed by atoms with E-state index in [-0.39, 0.29) is 12.1 Å². The fourth-order valence-electron chi connectivity index (χ4n) is 3.45. The number of piperazine rings is 1. The van der Waals surface area contributed by atoms with Crippen molar-refractivity contribution in [3.8, 4) is 0 Å². The molecule has 0 aromatic heterocycles. The molecule has 0 aromatic rings. The summed E-state index contributed by atoms with van der Waals surface area (Å²) in [5, 5.41) is 37.5. The van der Waals surface area contributed by atoms with E-state index in [1.165, 1.54) is 0 Å². The zero-order valence-electron chi connectivity index (χ0n) is 12.8. The molecule has 3 heterocycles. The van der Waals surface area contributed by atoms with Crippen LogP contribution in [-0.2, 0) is 9.53 Å². The van der Waals surface area contributed by atoms with Gasteiger partial charge in [0.25, 0.3) is 0 Å². The van der Waals surface area contributed by atoms with Crippen molar-refractivity contribution in [2.45, 2.75) is 62.7 Å². The Morgan fingerprint density at radius 2 is 1.91 bits per heavy atom. The molecular formula is C13H22N4O6. The summed E-state index contributed by atoms with van der Waals surface area (Å²) in [6, 6.07) is -1.67. The van der Waals surface area contributed by atoms with Crippen LogP contribution in [-0.4, -0.2) is 87.6 Å². The molecule has 10 nitrogen and oxygen atoms in total. The average molecular weight is 330 g/mol. The summed E-state index contributed by atoms with van der Waals surface area (Å²) < 4.78 is 5.58. The molecule has 23 heavy (non-hydrogen) atoms. The number of urea groups is 1. The van der Waals surface area contributed by atoms with Gasteiger partial charge in [0.1, 0.15) is 36.7 Å². The number of carbonyl (C=O) groups excluding carboxylic acids is 2. The number of fused-ring (bicyclic) bond motifs is 1. The fourth-order valence-corrected chi connectivity index (χ4v) is 3.45. The van der Waals surface area contributed by atoms with Crippen LogP contribution in [0.5, 0.6) is 0 Å². The van der Waals surface area contributed by atoms with Crippen molar-refractivity contribution in [1.29, 1.82) is 0 Å². The first-order valence-electron chi connectivity index (χ1n) is 7.62. The monoisotopic (exact) mass is 330 g/mol. The lowest BCUT2D eigenvalue weighted by atomic mass is 9.96. The predicted octanol–water partition coefficient (Wildman–Crippen LogP) is -3.36. The molecule has 0 saturated carbocycles. The van der Waals surface area contributed by atoms with E-state index in [2.05, 4.69) is 16.0 Å². The van der Waals surface area contributed by atoms with Crippen molar-refractivity contribution in [2.24, 2.45) is 0 Å². The first-order chi connectivity index (χ1) is 10.8. The molecule has 0 radical (unpaired) electrons. The summed E-state index contributed by atoms with van der Waals surface area (Å²) in [4.78, 5) is 25.4. The first-order valence-corrected chi connectivity index (χ1v) is 7.62. The van der Waals surface area contributed by atoms with Crippen LogP contribution in [0.4, 0.5) is 4.79 Å². The topological polar surface area (TPSA) is 143 Å². The van der Waals surface area contributed by atoms with Crippen LogP contribution in [0.1, 0.15) is 13.8 Å². The molecule has 3 rings (SSSR count). The standard InChI is InChI=1S/C13H22N4O6/c1-4-5(2)17(12-9(20)8(19)6(3-18)23-12)10-7(14-4)11(21)16-13(22)15-10/h4-10,12,14,18-20H,3H2,1-2H3,(H2,15,16,21,22)/t4?,5?,6-,7?,8-,9-,10?,12?/m1/s1. The highest BCUT2D eigenvalue weighted by Crippen LogP contribution is 2.30. The van der Waals surface area contributed by atoms with E-state index < -0.39 is 55.3 Å². The van der Waals surface area contributed by atoms with Gasteiger partial charge in [-0.1, -0.05) is 0 Å². The van der Waals surface area contributed by atoms with Crippen molar-refractivity contribution < 1.29 is 29.6 Å². The van der Waals surface area contributed by atoms with Gasteiger partial charge in [-0.2, -0.15) is 0 Å². The second-order valence-corrected chi connectivity index (χ2v) is 6.26. The van der Waals surface area contributed by atoms with Gasteiger partial charge in [0.2, 0.25) is 5.91 Å². The van der Waals surface area contributed by atoms with Crippen molar-refractivity contribution in [3.05, 3.63) is 0 Å². The van der Waals surface area contributed by atoms with Gasteiger partial charge in [0.05, 0.1) is 6.61 Å². The van der Waals surface area contributed by atoms with Crippen molar-refractivity contribution in [2.75, 3.05) is 6.61 Å². The quantitative estimate of drug-likeness (QED) is 0.308. The van der Waals surface area contributed by atoms with Gasteiger partial charge in [-0.05, 0) is 13.8 Å². The predicted molar refractivity (Wildman–Crippen MR) is 75.9 cm³/mol. The van der Waals surface area contributed by atoms with E-state index in [0.717, 1.165) is 0 Å². The molecule has 0 aliphatic carbocycles. The lowest BCUT2D eigenvalue weighted by Crippen LogP contribution is -2.79. The van der Waals surface area contributed by atoms with Crippen molar-refractivity contribution >= 4 is 11.9 Å². The van der Waals surface area contributed by atoms with E-state index in [1.807, 2.05) is 13.8 Å². The molecule has 6 N–H and O–H groups in total. The molecule has 3 aliphatic rings. The smallest absolute Gasteiger partial charge is 0.322 e. The fraction of sp³-hybridized carbons (Fsp3) is 0.846. The molecule has 0 spiro atoms. The largest absolute Gasteiger partial charge is 0.394 e. The minimum atomic E-state index is -1.26. The Hall–Kier alpha value is -1.30. The summed E-state index contributed by atoms with van der Waals surface area (Å²) in [6.07, 6.45) is -5.09. The molecule has 0 bridgehead atoms.